The lowest BCUT2D eigenvalue weighted by Crippen LogP contribution is -2.47. The van der Waals surface area contributed by atoms with Gasteiger partial charge in [0.2, 0.25) is 0 Å². The molecule has 1 amide bonds. The molecule has 2 heterocycles. The molecule has 1 aliphatic rings. The van der Waals surface area contributed by atoms with Gasteiger partial charge in [-0.1, -0.05) is 55.5 Å². The number of carbonyl (C=O) groups is 2. The predicted molar refractivity (Wildman–Crippen MR) is 132 cm³/mol. The first kappa shape index (κ1) is 24.2. The number of aliphatic carboxylic acids is 1. The van der Waals surface area contributed by atoms with Crippen molar-refractivity contribution in [2.45, 2.75) is 39.8 Å². The fourth-order valence-corrected chi connectivity index (χ4v) is 4.79. The zero-order chi connectivity index (χ0) is 23.6. The van der Waals surface area contributed by atoms with E-state index in [2.05, 4.69) is 4.98 Å². The molecule has 0 aliphatic carbocycles. The number of amides is 1. The molecule has 168 valence electrons. The number of carboxylic acid groups (broad SMARTS) is 1. The highest BCUT2D eigenvalue weighted by atomic mass is 35.5. The van der Waals surface area contributed by atoms with Crippen molar-refractivity contribution in [1.82, 2.24) is 9.88 Å². The summed E-state index contributed by atoms with van der Waals surface area (Å²) in [5.74, 6) is -1.14. The lowest BCUT2D eigenvalue weighted by Gasteiger charge is -2.26. The maximum Gasteiger partial charge on any atom is 0.327 e. The average molecular weight is 491 g/mol. The lowest BCUT2D eigenvalue weighted by atomic mass is 10.0. The molecule has 0 saturated carbocycles. The maximum absolute atomic E-state index is 12.8. The van der Waals surface area contributed by atoms with Gasteiger partial charge < -0.3 is 9.84 Å². The van der Waals surface area contributed by atoms with E-state index in [9.17, 15) is 14.7 Å². The van der Waals surface area contributed by atoms with Crippen LogP contribution in [0.25, 0.3) is 17.3 Å². The number of hydrogen-bond acceptors (Lipinski definition) is 6. The van der Waals surface area contributed by atoms with E-state index in [4.69, 9.17) is 28.6 Å². The van der Waals surface area contributed by atoms with Crippen LogP contribution in [-0.2, 0) is 9.59 Å². The van der Waals surface area contributed by atoms with Crippen molar-refractivity contribution in [3.8, 4) is 17.0 Å². The third-order valence-electron chi connectivity index (χ3n) is 4.66. The van der Waals surface area contributed by atoms with E-state index in [1.165, 1.54) is 4.90 Å². The molecule has 1 aliphatic heterocycles. The number of nitrogens with zero attached hydrogens (tertiary/aromatic N) is 2. The summed E-state index contributed by atoms with van der Waals surface area (Å²) in [5, 5.41) is 10.0. The van der Waals surface area contributed by atoms with Gasteiger partial charge in [0.25, 0.3) is 5.91 Å². The van der Waals surface area contributed by atoms with Crippen LogP contribution in [0.3, 0.4) is 0 Å². The molecule has 1 aromatic heterocycles. The number of thioether (sulfide) groups is 1. The molecule has 3 rings (SSSR count). The molecule has 1 atom stereocenters. The van der Waals surface area contributed by atoms with Crippen molar-refractivity contribution in [3.05, 3.63) is 52.0 Å². The van der Waals surface area contributed by atoms with E-state index in [0.717, 1.165) is 23.0 Å². The Morgan fingerprint density at radius 1 is 1.25 bits per heavy atom. The Morgan fingerprint density at radius 3 is 2.50 bits per heavy atom. The van der Waals surface area contributed by atoms with Gasteiger partial charge in [-0.15, -0.1) is 0 Å². The Hall–Kier alpha value is -2.42. The van der Waals surface area contributed by atoms with Crippen molar-refractivity contribution >= 4 is 57.9 Å². The SMILES string of the molecule is CC(C)Oc1ccc(-c2ccc(C=C3SC(=S)N(C(C(=O)O)C(C)C)C3=O)cn2)cc1Cl. The van der Waals surface area contributed by atoms with E-state index in [0.29, 0.717) is 21.2 Å². The number of thiocarbonyl (C=S) groups is 1. The minimum absolute atomic E-state index is 0.0232. The number of ether oxygens (including phenoxy) is 1. The molecular formula is C23H23ClN2O4S2. The number of aromatic nitrogens is 1. The first-order valence-electron chi connectivity index (χ1n) is 10.0. The molecule has 0 spiro atoms. The number of carbonyl (C=O) groups excluding carboxylic acids is 1. The van der Waals surface area contributed by atoms with Gasteiger partial charge in [0, 0.05) is 11.8 Å². The van der Waals surface area contributed by atoms with Crippen LogP contribution in [0.1, 0.15) is 33.3 Å². The molecule has 1 aromatic carbocycles. The van der Waals surface area contributed by atoms with Gasteiger partial charge >= 0.3 is 5.97 Å². The normalized spacial score (nSPS) is 16.3. The minimum atomic E-state index is -1.08. The van der Waals surface area contributed by atoms with Gasteiger partial charge in [-0.25, -0.2) is 4.79 Å². The molecule has 9 heteroatoms. The molecule has 32 heavy (non-hydrogen) atoms. The smallest absolute Gasteiger partial charge is 0.327 e. The van der Waals surface area contributed by atoms with Crippen molar-refractivity contribution in [2.75, 3.05) is 0 Å². The van der Waals surface area contributed by atoms with Crippen LogP contribution in [0.5, 0.6) is 5.75 Å². The summed E-state index contributed by atoms with van der Waals surface area (Å²) < 4.78 is 5.90. The molecule has 0 bridgehead atoms. The Bertz CT molecular complexity index is 1080. The summed E-state index contributed by atoms with van der Waals surface area (Å²) in [4.78, 5) is 30.5. The summed E-state index contributed by atoms with van der Waals surface area (Å²) in [6, 6.07) is 8.15. The van der Waals surface area contributed by atoms with Gasteiger partial charge in [-0.05, 0) is 55.7 Å². The Morgan fingerprint density at radius 2 is 1.97 bits per heavy atom. The van der Waals surface area contributed by atoms with Crippen molar-refractivity contribution in [1.29, 1.82) is 0 Å². The molecule has 0 radical (unpaired) electrons. The topological polar surface area (TPSA) is 79.7 Å². The summed E-state index contributed by atoms with van der Waals surface area (Å²) >= 11 is 12.7. The predicted octanol–water partition coefficient (Wildman–Crippen LogP) is 5.50. The van der Waals surface area contributed by atoms with Crippen LogP contribution in [0.4, 0.5) is 0 Å². The quantitative estimate of drug-likeness (QED) is 0.405. The Kier molecular flexibility index (Phi) is 7.59. The van der Waals surface area contributed by atoms with Crippen LogP contribution in [0.15, 0.2) is 41.4 Å². The second kappa shape index (κ2) is 10.0. The van der Waals surface area contributed by atoms with E-state index >= 15 is 0 Å². The minimum Gasteiger partial charge on any atom is -0.489 e. The Balaban J connectivity index is 1.81. The summed E-state index contributed by atoms with van der Waals surface area (Å²) in [6.07, 6.45) is 3.34. The zero-order valence-electron chi connectivity index (χ0n) is 18.0. The standard InChI is InChI=1S/C23H23ClN2O4S2/c1-12(2)20(22(28)29)26-21(27)19(32-23(26)31)9-14-5-7-17(25-11-14)15-6-8-18(16(24)10-15)30-13(3)4/h5-13,20H,1-4H3,(H,28,29). The lowest BCUT2D eigenvalue weighted by molar-refractivity contribution is -0.146. The molecule has 1 N–H and O–H groups in total. The first-order valence-corrected chi connectivity index (χ1v) is 11.6. The number of carboxylic acids is 1. The first-order chi connectivity index (χ1) is 15.1. The van der Waals surface area contributed by atoms with Crippen LogP contribution < -0.4 is 4.74 Å². The van der Waals surface area contributed by atoms with E-state index in [-0.39, 0.29) is 16.3 Å². The highest BCUT2D eigenvalue weighted by Crippen LogP contribution is 2.36. The molecule has 1 fully saturated rings. The summed E-state index contributed by atoms with van der Waals surface area (Å²) in [7, 11) is 0. The third-order valence-corrected chi connectivity index (χ3v) is 6.29. The maximum atomic E-state index is 12.8. The van der Waals surface area contributed by atoms with Gasteiger partial charge in [0.1, 0.15) is 16.1 Å². The molecule has 1 saturated heterocycles. The molecule has 1 unspecified atom stereocenters. The molecular weight excluding hydrogens is 468 g/mol. The average Bonchev–Trinajstić information content (AvgIpc) is 2.97. The van der Waals surface area contributed by atoms with Gasteiger partial charge in [0.15, 0.2) is 0 Å². The van der Waals surface area contributed by atoms with E-state index in [1.54, 1.807) is 32.2 Å². The van der Waals surface area contributed by atoms with E-state index in [1.807, 2.05) is 38.1 Å². The monoisotopic (exact) mass is 490 g/mol. The number of hydrogen-bond donors (Lipinski definition) is 1. The zero-order valence-corrected chi connectivity index (χ0v) is 20.4. The van der Waals surface area contributed by atoms with Gasteiger partial charge in [-0.2, -0.15) is 0 Å². The second-order valence-corrected chi connectivity index (χ2v) is 9.95. The number of rotatable bonds is 7. The fraction of sp³-hybridized carbons (Fsp3) is 0.304. The largest absolute Gasteiger partial charge is 0.489 e. The molecule has 2 aromatic rings. The Labute approximate surface area is 201 Å². The van der Waals surface area contributed by atoms with Gasteiger partial charge in [0.05, 0.1) is 21.7 Å². The highest BCUT2D eigenvalue weighted by Gasteiger charge is 2.41. The van der Waals surface area contributed by atoms with Crippen molar-refractivity contribution in [3.63, 3.8) is 0 Å². The van der Waals surface area contributed by atoms with E-state index < -0.39 is 17.9 Å². The number of pyridine rings is 1. The fourth-order valence-electron chi connectivity index (χ4n) is 3.24. The van der Waals surface area contributed by atoms with Gasteiger partial charge in [-0.3, -0.25) is 14.7 Å². The van der Waals surface area contributed by atoms with Crippen molar-refractivity contribution < 1.29 is 19.4 Å². The number of benzene rings is 1. The molecule has 6 nitrogen and oxygen atoms in total. The summed E-state index contributed by atoms with van der Waals surface area (Å²) in [6.45, 7) is 7.36. The second-order valence-electron chi connectivity index (χ2n) is 7.87. The van der Waals surface area contributed by atoms with Crippen molar-refractivity contribution in [2.24, 2.45) is 5.92 Å². The van der Waals surface area contributed by atoms with Crippen LogP contribution in [0, 0.1) is 5.92 Å². The highest BCUT2D eigenvalue weighted by molar-refractivity contribution is 8.26. The van der Waals surface area contributed by atoms with Crippen LogP contribution in [-0.4, -0.2) is 43.3 Å². The van der Waals surface area contributed by atoms with Crippen LogP contribution in [0.2, 0.25) is 5.02 Å². The van der Waals surface area contributed by atoms with Crippen LogP contribution >= 0.6 is 35.6 Å². The third kappa shape index (κ3) is 5.31. The number of halogens is 1. The summed E-state index contributed by atoms with van der Waals surface area (Å²) in [5.41, 5.74) is 2.26.